The zero-order valence-electron chi connectivity index (χ0n) is 10.6. The van der Waals surface area contributed by atoms with Crippen molar-refractivity contribution < 1.29 is 4.74 Å². The van der Waals surface area contributed by atoms with Crippen molar-refractivity contribution in [3.8, 4) is 5.75 Å². The van der Waals surface area contributed by atoms with Crippen molar-refractivity contribution in [1.82, 2.24) is 5.32 Å². The third-order valence-electron chi connectivity index (χ3n) is 3.90. The first kappa shape index (κ1) is 12.5. The van der Waals surface area contributed by atoms with Gasteiger partial charge in [0.15, 0.2) is 0 Å². The molecule has 2 aliphatic rings. The molecule has 1 aliphatic heterocycles. The Labute approximate surface area is 117 Å². The summed E-state index contributed by atoms with van der Waals surface area (Å²) in [7, 11) is 0. The van der Waals surface area contributed by atoms with Crippen molar-refractivity contribution in [2.45, 2.75) is 31.6 Å². The van der Waals surface area contributed by atoms with Gasteiger partial charge in [0.05, 0.1) is 11.1 Å². The highest BCUT2D eigenvalue weighted by Gasteiger charge is 2.23. The Morgan fingerprint density at radius 2 is 2.17 bits per heavy atom. The highest BCUT2D eigenvalue weighted by atomic mass is 79.9. The molecule has 98 valence electrons. The molecule has 1 aliphatic carbocycles. The quantitative estimate of drug-likeness (QED) is 0.915. The number of halogens is 1. The lowest BCUT2D eigenvalue weighted by molar-refractivity contribution is 0.297. The first-order valence-electron chi connectivity index (χ1n) is 6.96. The van der Waals surface area contributed by atoms with Crippen LogP contribution in [0.5, 0.6) is 5.75 Å². The van der Waals surface area contributed by atoms with Gasteiger partial charge in [-0.1, -0.05) is 12.1 Å². The fraction of sp³-hybridized carbons (Fsp3) is 0.600. The fourth-order valence-corrected chi connectivity index (χ4v) is 3.27. The van der Waals surface area contributed by atoms with Crippen molar-refractivity contribution in [2.75, 3.05) is 19.7 Å². The lowest BCUT2D eigenvalue weighted by Gasteiger charge is -2.24. The molecule has 1 saturated carbocycles. The predicted octanol–water partition coefficient (Wildman–Crippen LogP) is 3.70. The number of benzene rings is 1. The average molecular weight is 310 g/mol. The molecule has 1 aromatic carbocycles. The number of nitrogens with one attached hydrogen (secondary N) is 1. The summed E-state index contributed by atoms with van der Waals surface area (Å²) in [5.74, 6) is 2.44. The third-order valence-corrected chi connectivity index (χ3v) is 4.75. The molecule has 1 N–H and O–H groups in total. The predicted molar refractivity (Wildman–Crippen MR) is 77.2 cm³/mol. The lowest BCUT2D eigenvalue weighted by atomic mass is 9.91. The first-order valence-corrected chi connectivity index (χ1v) is 7.76. The van der Waals surface area contributed by atoms with Gasteiger partial charge >= 0.3 is 0 Å². The van der Waals surface area contributed by atoms with E-state index in [0.717, 1.165) is 31.4 Å². The second-order valence-corrected chi connectivity index (χ2v) is 6.25. The summed E-state index contributed by atoms with van der Waals surface area (Å²) in [6.07, 6.45) is 5.22. The van der Waals surface area contributed by atoms with Gasteiger partial charge in [-0.2, -0.15) is 0 Å². The molecule has 3 rings (SSSR count). The van der Waals surface area contributed by atoms with Crippen LogP contribution in [0.2, 0.25) is 0 Å². The summed E-state index contributed by atoms with van der Waals surface area (Å²) < 4.78 is 7.09. The van der Waals surface area contributed by atoms with Crippen LogP contribution < -0.4 is 10.1 Å². The Balaban J connectivity index is 1.73. The van der Waals surface area contributed by atoms with Crippen molar-refractivity contribution in [3.05, 3.63) is 28.2 Å². The van der Waals surface area contributed by atoms with Gasteiger partial charge < -0.3 is 10.1 Å². The summed E-state index contributed by atoms with van der Waals surface area (Å²) >= 11 is 3.73. The van der Waals surface area contributed by atoms with Gasteiger partial charge in [-0.3, -0.25) is 0 Å². The Kier molecular flexibility index (Phi) is 3.90. The summed E-state index contributed by atoms with van der Waals surface area (Å²) in [5, 5.41) is 3.48. The molecule has 0 spiro atoms. The Morgan fingerprint density at radius 1 is 1.28 bits per heavy atom. The molecular formula is C15H20BrNO. The normalized spacial score (nSPS) is 23.9. The van der Waals surface area contributed by atoms with E-state index < -0.39 is 0 Å². The van der Waals surface area contributed by atoms with Crippen molar-refractivity contribution in [2.24, 2.45) is 5.92 Å². The molecule has 18 heavy (non-hydrogen) atoms. The molecule has 1 atom stereocenters. The smallest absolute Gasteiger partial charge is 0.133 e. The van der Waals surface area contributed by atoms with Gasteiger partial charge in [0, 0.05) is 6.54 Å². The highest BCUT2D eigenvalue weighted by Crippen LogP contribution is 2.37. The lowest BCUT2D eigenvalue weighted by Crippen LogP contribution is -2.28. The summed E-state index contributed by atoms with van der Waals surface area (Å²) in [5.41, 5.74) is 1.40. The van der Waals surface area contributed by atoms with Crippen LogP contribution in [-0.4, -0.2) is 19.7 Å². The number of rotatable bonds is 4. The van der Waals surface area contributed by atoms with Crippen LogP contribution in [-0.2, 0) is 0 Å². The van der Waals surface area contributed by atoms with E-state index in [1.165, 1.54) is 35.7 Å². The number of hydrogen-bond acceptors (Lipinski definition) is 2. The molecule has 0 radical (unpaired) electrons. The van der Waals surface area contributed by atoms with Crippen molar-refractivity contribution in [1.29, 1.82) is 0 Å². The van der Waals surface area contributed by atoms with Crippen molar-refractivity contribution in [3.63, 3.8) is 0 Å². The standard InChI is InChI=1S/C15H20BrNO/c16-15-13(12-3-2-8-17-9-12)4-1-5-14(15)18-10-11-6-7-11/h1,4-5,11-12,17H,2-3,6-10H2. The Morgan fingerprint density at radius 3 is 2.89 bits per heavy atom. The maximum atomic E-state index is 5.92. The van der Waals surface area contributed by atoms with Crippen LogP contribution in [0.3, 0.4) is 0 Å². The van der Waals surface area contributed by atoms with E-state index in [4.69, 9.17) is 4.74 Å². The molecule has 3 heteroatoms. The summed E-state index contributed by atoms with van der Waals surface area (Å²) in [6, 6.07) is 6.43. The van der Waals surface area contributed by atoms with Crippen LogP contribution in [0, 0.1) is 5.92 Å². The van der Waals surface area contributed by atoms with E-state index >= 15 is 0 Å². The molecule has 0 aromatic heterocycles. The fourth-order valence-electron chi connectivity index (χ4n) is 2.56. The van der Waals surface area contributed by atoms with Gasteiger partial charge in [-0.25, -0.2) is 0 Å². The molecular weight excluding hydrogens is 290 g/mol. The SMILES string of the molecule is Brc1c(OCC2CC2)cccc1C1CCCNC1. The molecule has 1 heterocycles. The molecule has 2 nitrogen and oxygen atoms in total. The number of hydrogen-bond donors (Lipinski definition) is 1. The van der Waals surface area contributed by atoms with E-state index in [0.29, 0.717) is 5.92 Å². The third kappa shape index (κ3) is 2.89. The first-order chi connectivity index (χ1) is 8.84. The second kappa shape index (κ2) is 5.62. The molecule has 1 saturated heterocycles. The van der Waals surface area contributed by atoms with E-state index in [1.54, 1.807) is 0 Å². The van der Waals surface area contributed by atoms with Crippen LogP contribution in [0.15, 0.2) is 22.7 Å². The largest absolute Gasteiger partial charge is 0.492 e. The Bertz CT molecular complexity index is 411. The minimum Gasteiger partial charge on any atom is -0.492 e. The Hall–Kier alpha value is -0.540. The van der Waals surface area contributed by atoms with Gasteiger partial charge in [0.1, 0.15) is 5.75 Å². The average Bonchev–Trinajstić information content (AvgIpc) is 3.23. The van der Waals surface area contributed by atoms with E-state index in [9.17, 15) is 0 Å². The van der Waals surface area contributed by atoms with Gasteiger partial charge in [0.25, 0.3) is 0 Å². The zero-order valence-corrected chi connectivity index (χ0v) is 12.2. The molecule has 0 amide bonds. The minimum absolute atomic E-state index is 0.623. The summed E-state index contributed by atoms with van der Waals surface area (Å²) in [4.78, 5) is 0. The van der Waals surface area contributed by atoms with E-state index in [2.05, 4.69) is 39.4 Å². The van der Waals surface area contributed by atoms with Crippen LogP contribution in [0.25, 0.3) is 0 Å². The second-order valence-electron chi connectivity index (χ2n) is 5.46. The zero-order chi connectivity index (χ0) is 12.4. The van der Waals surface area contributed by atoms with E-state index in [-0.39, 0.29) is 0 Å². The van der Waals surface area contributed by atoms with Gasteiger partial charge in [-0.15, -0.1) is 0 Å². The van der Waals surface area contributed by atoms with Crippen molar-refractivity contribution >= 4 is 15.9 Å². The molecule has 0 bridgehead atoms. The number of ether oxygens (including phenoxy) is 1. The van der Waals surface area contributed by atoms with E-state index in [1.807, 2.05) is 0 Å². The van der Waals surface area contributed by atoms with Crippen LogP contribution in [0.4, 0.5) is 0 Å². The molecule has 1 unspecified atom stereocenters. The number of piperidine rings is 1. The van der Waals surface area contributed by atoms with Gasteiger partial charge in [0.2, 0.25) is 0 Å². The maximum Gasteiger partial charge on any atom is 0.133 e. The van der Waals surface area contributed by atoms with Gasteiger partial charge in [-0.05, 0) is 71.6 Å². The monoisotopic (exact) mass is 309 g/mol. The summed E-state index contributed by atoms with van der Waals surface area (Å²) in [6.45, 7) is 3.13. The molecule has 1 aromatic rings. The minimum atomic E-state index is 0.623. The topological polar surface area (TPSA) is 21.3 Å². The molecule has 2 fully saturated rings. The van der Waals surface area contributed by atoms with Crippen LogP contribution >= 0.6 is 15.9 Å². The van der Waals surface area contributed by atoms with Crippen LogP contribution in [0.1, 0.15) is 37.2 Å². The highest BCUT2D eigenvalue weighted by molar-refractivity contribution is 9.10. The maximum absolute atomic E-state index is 5.92.